The van der Waals surface area contributed by atoms with Crippen molar-refractivity contribution in [2.45, 2.75) is 31.7 Å². The molecule has 1 aliphatic heterocycles. The summed E-state index contributed by atoms with van der Waals surface area (Å²) >= 11 is 0. The summed E-state index contributed by atoms with van der Waals surface area (Å²) in [7, 11) is 1.86. The third-order valence-corrected chi connectivity index (χ3v) is 3.63. The molecule has 2 heterocycles. The van der Waals surface area contributed by atoms with Crippen LogP contribution in [0.5, 0.6) is 0 Å². The minimum absolute atomic E-state index is 0.0719. The highest BCUT2D eigenvalue weighted by molar-refractivity contribution is 5.66. The standard InChI is InChI=1S/C12H22N4O2/c1-3-9-10(13)11(16(2)15-9)14-12(8-17)4-6-18-7-5-12/h14,17H,3-8,13H2,1-2H3. The first-order valence-electron chi connectivity index (χ1n) is 6.40. The second kappa shape index (κ2) is 5.16. The Labute approximate surface area is 107 Å². The Balaban J connectivity index is 2.24. The molecular formula is C12H22N4O2. The molecule has 6 heteroatoms. The highest BCUT2D eigenvalue weighted by Gasteiger charge is 2.33. The van der Waals surface area contributed by atoms with Crippen molar-refractivity contribution in [2.24, 2.45) is 7.05 Å². The number of anilines is 2. The Bertz CT molecular complexity index is 410. The Morgan fingerprint density at radius 3 is 2.67 bits per heavy atom. The molecule has 0 unspecified atom stereocenters. The van der Waals surface area contributed by atoms with Crippen LogP contribution < -0.4 is 11.1 Å². The highest BCUT2D eigenvalue weighted by Crippen LogP contribution is 2.30. The van der Waals surface area contributed by atoms with Gasteiger partial charge in [0, 0.05) is 20.3 Å². The zero-order valence-electron chi connectivity index (χ0n) is 11.1. The average Bonchev–Trinajstić information content (AvgIpc) is 2.67. The van der Waals surface area contributed by atoms with Crippen LogP contribution >= 0.6 is 0 Å². The van der Waals surface area contributed by atoms with Crippen molar-refractivity contribution in [1.29, 1.82) is 0 Å². The van der Waals surface area contributed by atoms with Crippen LogP contribution in [0.15, 0.2) is 0 Å². The molecule has 1 aromatic heterocycles. The van der Waals surface area contributed by atoms with Crippen LogP contribution in [0, 0.1) is 0 Å². The van der Waals surface area contributed by atoms with Gasteiger partial charge in [-0.05, 0) is 19.3 Å². The second-order valence-corrected chi connectivity index (χ2v) is 4.86. The zero-order chi connectivity index (χ0) is 13.2. The van der Waals surface area contributed by atoms with Crippen molar-refractivity contribution in [2.75, 3.05) is 30.9 Å². The normalized spacial score (nSPS) is 18.8. The minimum atomic E-state index is -0.342. The number of aliphatic hydroxyl groups excluding tert-OH is 1. The predicted molar refractivity (Wildman–Crippen MR) is 70.5 cm³/mol. The lowest BCUT2D eigenvalue weighted by atomic mass is 9.91. The van der Waals surface area contributed by atoms with Gasteiger partial charge in [-0.15, -0.1) is 0 Å². The maximum absolute atomic E-state index is 9.66. The molecule has 2 rings (SSSR count). The van der Waals surface area contributed by atoms with E-state index < -0.39 is 0 Å². The Kier molecular flexibility index (Phi) is 3.77. The van der Waals surface area contributed by atoms with Gasteiger partial charge >= 0.3 is 0 Å². The number of aliphatic hydroxyl groups is 1. The van der Waals surface area contributed by atoms with Gasteiger partial charge in [0.2, 0.25) is 0 Å². The molecule has 102 valence electrons. The van der Waals surface area contributed by atoms with Crippen molar-refractivity contribution in [3.05, 3.63) is 5.69 Å². The number of nitrogens with zero attached hydrogens (tertiary/aromatic N) is 2. The summed E-state index contributed by atoms with van der Waals surface area (Å²) in [5.41, 5.74) is 7.31. The summed E-state index contributed by atoms with van der Waals surface area (Å²) in [4.78, 5) is 0. The third-order valence-electron chi connectivity index (χ3n) is 3.63. The van der Waals surface area contributed by atoms with Gasteiger partial charge in [-0.25, -0.2) is 0 Å². The van der Waals surface area contributed by atoms with Crippen molar-refractivity contribution < 1.29 is 9.84 Å². The van der Waals surface area contributed by atoms with E-state index in [9.17, 15) is 5.11 Å². The fourth-order valence-electron chi connectivity index (χ4n) is 2.34. The quantitative estimate of drug-likeness (QED) is 0.729. The molecule has 0 aromatic carbocycles. The first-order chi connectivity index (χ1) is 8.62. The van der Waals surface area contributed by atoms with E-state index in [0.717, 1.165) is 30.8 Å². The van der Waals surface area contributed by atoms with Gasteiger partial charge in [-0.3, -0.25) is 4.68 Å². The van der Waals surface area contributed by atoms with Crippen LogP contribution in [0.4, 0.5) is 11.5 Å². The van der Waals surface area contributed by atoms with Gasteiger partial charge in [0.1, 0.15) is 5.82 Å². The summed E-state index contributed by atoms with van der Waals surface area (Å²) < 4.78 is 7.10. The molecule has 0 saturated carbocycles. The highest BCUT2D eigenvalue weighted by atomic mass is 16.5. The number of aryl methyl sites for hydroxylation is 2. The first kappa shape index (κ1) is 13.2. The number of hydrogen-bond acceptors (Lipinski definition) is 5. The number of nitrogens with one attached hydrogen (secondary N) is 1. The molecule has 0 spiro atoms. The van der Waals surface area contributed by atoms with Crippen molar-refractivity contribution in [3.63, 3.8) is 0 Å². The number of nitrogens with two attached hydrogens (primary N) is 1. The third kappa shape index (κ3) is 2.30. The lowest BCUT2D eigenvalue weighted by molar-refractivity contribution is 0.0377. The molecule has 1 fully saturated rings. The van der Waals surface area contributed by atoms with E-state index >= 15 is 0 Å². The molecule has 18 heavy (non-hydrogen) atoms. The summed E-state index contributed by atoms with van der Waals surface area (Å²) in [5, 5.41) is 17.4. The van der Waals surface area contributed by atoms with Gasteiger partial charge < -0.3 is 20.9 Å². The summed E-state index contributed by atoms with van der Waals surface area (Å²) in [6.45, 7) is 3.42. The molecule has 1 saturated heterocycles. The lowest BCUT2D eigenvalue weighted by Crippen LogP contribution is -2.47. The zero-order valence-corrected chi connectivity index (χ0v) is 11.1. The molecule has 4 N–H and O–H groups in total. The van der Waals surface area contributed by atoms with E-state index in [-0.39, 0.29) is 12.1 Å². The second-order valence-electron chi connectivity index (χ2n) is 4.86. The van der Waals surface area contributed by atoms with E-state index in [2.05, 4.69) is 10.4 Å². The lowest BCUT2D eigenvalue weighted by Gasteiger charge is -2.37. The van der Waals surface area contributed by atoms with Crippen molar-refractivity contribution >= 4 is 11.5 Å². The number of rotatable bonds is 4. The van der Waals surface area contributed by atoms with Crippen LogP contribution in [0.2, 0.25) is 0 Å². The van der Waals surface area contributed by atoms with Crippen LogP contribution in [0.1, 0.15) is 25.5 Å². The number of hydrogen-bond donors (Lipinski definition) is 3. The van der Waals surface area contributed by atoms with Gasteiger partial charge in [-0.1, -0.05) is 6.92 Å². The Morgan fingerprint density at radius 2 is 2.17 bits per heavy atom. The summed E-state index contributed by atoms with van der Waals surface area (Å²) in [6.07, 6.45) is 2.35. The minimum Gasteiger partial charge on any atom is -0.394 e. The maximum atomic E-state index is 9.66. The SMILES string of the molecule is CCc1nn(C)c(NC2(CO)CCOCC2)c1N. The molecule has 1 aromatic rings. The summed E-state index contributed by atoms with van der Waals surface area (Å²) in [5.74, 6) is 0.794. The smallest absolute Gasteiger partial charge is 0.148 e. The molecule has 0 aliphatic carbocycles. The van der Waals surface area contributed by atoms with Crippen LogP contribution in [0.3, 0.4) is 0 Å². The molecule has 6 nitrogen and oxygen atoms in total. The van der Waals surface area contributed by atoms with E-state index in [4.69, 9.17) is 10.5 Å². The molecule has 1 aliphatic rings. The number of nitrogen functional groups attached to an aromatic ring is 1. The fraction of sp³-hybridized carbons (Fsp3) is 0.750. The van der Waals surface area contributed by atoms with Crippen LogP contribution in [0.25, 0.3) is 0 Å². The topological polar surface area (TPSA) is 85.3 Å². The van der Waals surface area contributed by atoms with Gasteiger partial charge in [0.15, 0.2) is 0 Å². The van der Waals surface area contributed by atoms with E-state index in [0.29, 0.717) is 18.9 Å². The molecule has 0 radical (unpaired) electrons. The largest absolute Gasteiger partial charge is 0.394 e. The van der Waals surface area contributed by atoms with E-state index in [1.165, 1.54) is 0 Å². The predicted octanol–water partition coefficient (Wildman–Crippen LogP) is 0.518. The summed E-state index contributed by atoms with van der Waals surface area (Å²) in [6, 6.07) is 0. The van der Waals surface area contributed by atoms with Crippen LogP contribution in [-0.2, 0) is 18.2 Å². The number of ether oxygens (including phenoxy) is 1. The maximum Gasteiger partial charge on any atom is 0.148 e. The van der Waals surface area contributed by atoms with Crippen LogP contribution in [-0.4, -0.2) is 40.2 Å². The molecule has 0 atom stereocenters. The molecule has 0 bridgehead atoms. The fourth-order valence-corrected chi connectivity index (χ4v) is 2.34. The van der Waals surface area contributed by atoms with Crippen molar-refractivity contribution in [1.82, 2.24) is 9.78 Å². The Morgan fingerprint density at radius 1 is 1.50 bits per heavy atom. The average molecular weight is 254 g/mol. The monoisotopic (exact) mass is 254 g/mol. The van der Waals surface area contributed by atoms with Gasteiger partial charge in [0.25, 0.3) is 0 Å². The molecular weight excluding hydrogens is 232 g/mol. The Hall–Kier alpha value is -1.27. The van der Waals surface area contributed by atoms with E-state index in [1.54, 1.807) is 4.68 Å². The van der Waals surface area contributed by atoms with Gasteiger partial charge in [0.05, 0.1) is 23.5 Å². The van der Waals surface area contributed by atoms with E-state index in [1.807, 2.05) is 14.0 Å². The molecule has 0 amide bonds. The van der Waals surface area contributed by atoms with Gasteiger partial charge in [-0.2, -0.15) is 5.10 Å². The number of aromatic nitrogens is 2. The first-order valence-corrected chi connectivity index (χ1v) is 6.40. The van der Waals surface area contributed by atoms with Crippen molar-refractivity contribution in [3.8, 4) is 0 Å².